The Bertz CT molecular complexity index is 195. The molecule has 0 heterocycles. The maximum absolute atomic E-state index is 3.56. The molecule has 1 fully saturated rings. The highest BCUT2D eigenvalue weighted by molar-refractivity contribution is 4.76. The molecule has 1 aliphatic carbocycles. The van der Waals surface area contributed by atoms with Crippen molar-refractivity contribution in [3.05, 3.63) is 0 Å². The van der Waals surface area contributed by atoms with E-state index in [4.69, 9.17) is 0 Å². The quantitative estimate of drug-likeness (QED) is 0.551. The van der Waals surface area contributed by atoms with Gasteiger partial charge in [-0.25, -0.2) is 0 Å². The summed E-state index contributed by atoms with van der Waals surface area (Å²) in [6, 6.07) is 1.56. The Morgan fingerprint density at radius 1 is 1.06 bits per heavy atom. The predicted octanol–water partition coefficient (Wildman–Crippen LogP) is 3.67. The Kier molecular flexibility index (Phi) is 7.92. The van der Waals surface area contributed by atoms with Crippen LogP contribution in [0.15, 0.2) is 0 Å². The van der Waals surface area contributed by atoms with E-state index in [1.165, 1.54) is 44.9 Å². The van der Waals surface area contributed by atoms with Crippen LogP contribution in [-0.4, -0.2) is 37.1 Å². The number of hydrogen-bond donors (Lipinski definition) is 1. The predicted molar refractivity (Wildman–Crippen MR) is 81.0 cm³/mol. The first-order chi connectivity index (χ1) is 8.61. The van der Waals surface area contributed by atoms with E-state index in [0.29, 0.717) is 6.04 Å². The topological polar surface area (TPSA) is 15.3 Å². The number of nitrogens with zero attached hydrogens (tertiary/aromatic N) is 1. The summed E-state index contributed by atoms with van der Waals surface area (Å²) in [5.41, 5.74) is 0. The van der Waals surface area contributed by atoms with E-state index in [0.717, 1.165) is 25.0 Å². The van der Waals surface area contributed by atoms with Crippen molar-refractivity contribution in [2.75, 3.05) is 20.1 Å². The smallest absolute Gasteiger partial charge is 0.00950 e. The Labute approximate surface area is 115 Å². The lowest BCUT2D eigenvalue weighted by Gasteiger charge is -2.33. The highest BCUT2D eigenvalue weighted by atomic mass is 15.2. The van der Waals surface area contributed by atoms with Crippen LogP contribution >= 0.6 is 0 Å². The molecule has 18 heavy (non-hydrogen) atoms. The van der Waals surface area contributed by atoms with E-state index >= 15 is 0 Å². The number of rotatable bonds is 7. The van der Waals surface area contributed by atoms with Crippen molar-refractivity contribution >= 4 is 0 Å². The fourth-order valence-electron chi connectivity index (χ4n) is 2.93. The summed E-state index contributed by atoms with van der Waals surface area (Å²) < 4.78 is 0. The molecule has 1 saturated carbocycles. The fourth-order valence-corrected chi connectivity index (χ4v) is 2.93. The van der Waals surface area contributed by atoms with Gasteiger partial charge in [0.05, 0.1) is 0 Å². The van der Waals surface area contributed by atoms with Gasteiger partial charge in [-0.05, 0) is 52.2 Å². The zero-order valence-corrected chi connectivity index (χ0v) is 13.0. The van der Waals surface area contributed by atoms with Crippen LogP contribution < -0.4 is 5.32 Å². The van der Waals surface area contributed by atoms with Crippen molar-refractivity contribution in [2.45, 2.75) is 77.8 Å². The normalized spacial score (nSPS) is 20.3. The molecule has 0 saturated heterocycles. The first-order valence-electron chi connectivity index (χ1n) is 8.04. The Morgan fingerprint density at radius 2 is 1.67 bits per heavy atom. The molecule has 0 aromatic rings. The summed E-state index contributed by atoms with van der Waals surface area (Å²) in [4.78, 5) is 2.64. The second-order valence-electron chi connectivity index (χ2n) is 6.55. The molecular formula is C16H34N2. The average Bonchev–Trinajstić information content (AvgIpc) is 2.61. The van der Waals surface area contributed by atoms with Crippen molar-refractivity contribution in [3.8, 4) is 0 Å². The average molecular weight is 254 g/mol. The molecule has 1 aliphatic rings. The third-order valence-electron chi connectivity index (χ3n) is 4.39. The van der Waals surface area contributed by atoms with Crippen LogP contribution in [0.1, 0.15) is 65.7 Å². The zero-order valence-electron chi connectivity index (χ0n) is 13.0. The van der Waals surface area contributed by atoms with Crippen molar-refractivity contribution < 1.29 is 0 Å². The molecule has 1 rings (SSSR count). The van der Waals surface area contributed by atoms with Crippen molar-refractivity contribution in [1.82, 2.24) is 10.2 Å². The van der Waals surface area contributed by atoms with Crippen LogP contribution in [0.2, 0.25) is 0 Å². The van der Waals surface area contributed by atoms with Crippen molar-refractivity contribution in [1.29, 1.82) is 0 Å². The SMILES string of the molecule is CC(C)CNCCC(C)N(C)C1CCCCCC1. The highest BCUT2D eigenvalue weighted by Crippen LogP contribution is 2.22. The van der Waals surface area contributed by atoms with E-state index < -0.39 is 0 Å². The van der Waals surface area contributed by atoms with Gasteiger partial charge in [0.2, 0.25) is 0 Å². The minimum atomic E-state index is 0.716. The lowest BCUT2D eigenvalue weighted by Crippen LogP contribution is -2.40. The van der Waals surface area contributed by atoms with Gasteiger partial charge >= 0.3 is 0 Å². The van der Waals surface area contributed by atoms with Crippen LogP contribution in [0, 0.1) is 5.92 Å². The Hall–Kier alpha value is -0.0800. The molecule has 1 N–H and O–H groups in total. The third-order valence-corrected chi connectivity index (χ3v) is 4.39. The first-order valence-corrected chi connectivity index (χ1v) is 8.04. The summed E-state index contributed by atoms with van der Waals surface area (Å²) in [6.07, 6.45) is 9.89. The standard InChI is InChI=1S/C16H34N2/c1-14(2)13-17-12-11-15(3)18(4)16-9-7-5-6-8-10-16/h14-17H,5-13H2,1-4H3. The summed E-state index contributed by atoms with van der Waals surface area (Å²) >= 11 is 0. The van der Waals surface area contributed by atoms with Crippen LogP contribution in [0.5, 0.6) is 0 Å². The Balaban J connectivity index is 2.20. The molecule has 0 amide bonds. The number of nitrogens with one attached hydrogen (secondary N) is 1. The molecule has 0 aromatic carbocycles. The van der Waals surface area contributed by atoms with Gasteiger partial charge < -0.3 is 10.2 Å². The second-order valence-corrected chi connectivity index (χ2v) is 6.55. The molecule has 2 heteroatoms. The summed E-state index contributed by atoms with van der Waals surface area (Å²) in [7, 11) is 2.34. The molecule has 0 aliphatic heterocycles. The highest BCUT2D eigenvalue weighted by Gasteiger charge is 2.20. The van der Waals surface area contributed by atoms with Gasteiger partial charge in [-0.1, -0.05) is 39.5 Å². The van der Waals surface area contributed by atoms with E-state index in [-0.39, 0.29) is 0 Å². The van der Waals surface area contributed by atoms with Gasteiger partial charge in [-0.3, -0.25) is 0 Å². The van der Waals surface area contributed by atoms with Gasteiger partial charge in [0.1, 0.15) is 0 Å². The van der Waals surface area contributed by atoms with Gasteiger partial charge in [-0.15, -0.1) is 0 Å². The molecule has 108 valence electrons. The molecule has 0 bridgehead atoms. The van der Waals surface area contributed by atoms with E-state index in [1.807, 2.05) is 0 Å². The summed E-state index contributed by atoms with van der Waals surface area (Å²) in [5.74, 6) is 0.764. The third kappa shape index (κ3) is 6.19. The number of hydrogen-bond acceptors (Lipinski definition) is 2. The second kappa shape index (κ2) is 8.92. The van der Waals surface area contributed by atoms with E-state index in [1.54, 1.807) is 0 Å². The molecule has 0 aromatic heterocycles. The van der Waals surface area contributed by atoms with Crippen molar-refractivity contribution in [3.63, 3.8) is 0 Å². The Morgan fingerprint density at radius 3 is 2.22 bits per heavy atom. The summed E-state index contributed by atoms with van der Waals surface area (Å²) in [5, 5.41) is 3.56. The molecule has 2 nitrogen and oxygen atoms in total. The van der Waals surface area contributed by atoms with Crippen LogP contribution in [-0.2, 0) is 0 Å². The van der Waals surface area contributed by atoms with Crippen LogP contribution in [0.3, 0.4) is 0 Å². The minimum absolute atomic E-state index is 0.716. The maximum Gasteiger partial charge on any atom is 0.00950 e. The van der Waals surface area contributed by atoms with Crippen LogP contribution in [0.25, 0.3) is 0 Å². The van der Waals surface area contributed by atoms with Gasteiger partial charge in [0.25, 0.3) is 0 Å². The zero-order chi connectivity index (χ0) is 13.4. The fraction of sp³-hybridized carbons (Fsp3) is 1.00. The lowest BCUT2D eigenvalue weighted by molar-refractivity contribution is 0.160. The lowest BCUT2D eigenvalue weighted by atomic mass is 10.0. The monoisotopic (exact) mass is 254 g/mol. The minimum Gasteiger partial charge on any atom is -0.316 e. The molecule has 1 atom stereocenters. The largest absolute Gasteiger partial charge is 0.316 e. The molecular weight excluding hydrogens is 220 g/mol. The van der Waals surface area contributed by atoms with Gasteiger partial charge in [0.15, 0.2) is 0 Å². The van der Waals surface area contributed by atoms with Gasteiger partial charge in [-0.2, -0.15) is 0 Å². The maximum atomic E-state index is 3.56. The van der Waals surface area contributed by atoms with Crippen LogP contribution in [0.4, 0.5) is 0 Å². The van der Waals surface area contributed by atoms with E-state index in [2.05, 4.69) is 38.0 Å². The summed E-state index contributed by atoms with van der Waals surface area (Å²) in [6.45, 7) is 9.25. The first kappa shape index (κ1) is 16.0. The molecule has 0 spiro atoms. The van der Waals surface area contributed by atoms with Gasteiger partial charge in [0, 0.05) is 12.1 Å². The molecule has 0 radical (unpaired) electrons. The van der Waals surface area contributed by atoms with E-state index in [9.17, 15) is 0 Å². The van der Waals surface area contributed by atoms with Crippen molar-refractivity contribution in [2.24, 2.45) is 5.92 Å². The molecule has 1 unspecified atom stereocenters.